The van der Waals surface area contributed by atoms with E-state index in [1.165, 1.54) is 19.3 Å². The molecule has 28 heavy (non-hydrogen) atoms. The zero-order chi connectivity index (χ0) is 19.7. The van der Waals surface area contributed by atoms with Gasteiger partial charge in [0.25, 0.3) is 0 Å². The summed E-state index contributed by atoms with van der Waals surface area (Å²) in [6.07, 6.45) is 2.97. The van der Waals surface area contributed by atoms with E-state index in [4.69, 9.17) is 39.8 Å². The van der Waals surface area contributed by atoms with Crippen molar-refractivity contribution >= 4 is 45.7 Å². The maximum atomic E-state index is 11.1. The zero-order valence-electron chi connectivity index (χ0n) is 15.3. The average molecular weight is 436 g/mol. The van der Waals surface area contributed by atoms with Crippen molar-refractivity contribution in [1.82, 2.24) is 9.88 Å². The van der Waals surface area contributed by atoms with Gasteiger partial charge in [-0.3, -0.25) is 0 Å². The molecule has 3 aromatic rings. The number of pyridine rings is 1. The number of aliphatic hydroxyl groups excluding tert-OH is 1. The highest BCUT2D eigenvalue weighted by Crippen LogP contribution is 2.35. The number of piperidine rings is 1. The largest absolute Gasteiger partial charge is 0.387 e. The summed E-state index contributed by atoms with van der Waals surface area (Å²) < 4.78 is 0. The van der Waals surface area contributed by atoms with Gasteiger partial charge in [-0.05, 0) is 61.8 Å². The Balaban J connectivity index is 1.80. The molecule has 1 aromatic heterocycles. The molecule has 1 atom stereocenters. The van der Waals surface area contributed by atoms with Gasteiger partial charge in [0.2, 0.25) is 0 Å². The van der Waals surface area contributed by atoms with Crippen LogP contribution >= 0.6 is 34.8 Å². The van der Waals surface area contributed by atoms with Gasteiger partial charge in [0.1, 0.15) is 0 Å². The van der Waals surface area contributed by atoms with Crippen LogP contribution < -0.4 is 0 Å². The molecule has 0 amide bonds. The van der Waals surface area contributed by atoms with E-state index in [0.717, 1.165) is 35.3 Å². The van der Waals surface area contributed by atoms with E-state index in [1.807, 2.05) is 36.4 Å². The minimum Gasteiger partial charge on any atom is -0.387 e. The van der Waals surface area contributed by atoms with Crippen molar-refractivity contribution in [2.75, 3.05) is 19.6 Å². The molecule has 0 radical (unpaired) electrons. The Hall–Kier alpha value is -1.36. The molecule has 0 bridgehead atoms. The third-order valence-corrected chi connectivity index (χ3v) is 6.00. The Labute approximate surface area is 179 Å². The van der Waals surface area contributed by atoms with E-state index in [-0.39, 0.29) is 0 Å². The van der Waals surface area contributed by atoms with Gasteiger partial charge in [-0.2, -0.15) is 0 Å². The lowest BCUT2D eigenvalue weighted by Crippen LogP contribution is -2.33. The summed E-state index contributed by atoms with van der Waals surface area (Å²) in [4.78, 5) is 7.06. The van der Waals surface area contributed by atoms with Gasteiger partial charge in [-0.15, -0.1) is 0 Å². The SMILES string of the molecule is OC(CN1CCCCC1)c1cc(-c2ccc(Cl)cc2)nc2c(Cl)cc(Cl)cc12. The molecule has 0 saturated carbocycles. The molecule has 1 unspecified atom stereocenters. The van der Waals surface area contributed by atoms with E-state index < -0.39 is 6.10 Å². The van der Waals surface area contributed by atoms with Gasteiger partial charge in [0, 0.05) is 27.5 Å². The van der Waals surface area contributed by atoms with Crippen LogP contribution in [0, 0.1) is 0 Å². The fourth-order valence-electron chi connectivity index (χ4n) is 3.81. The smallest absolute Gasteiger partial charge is 0.0924 e. The number of hydrogen-bond donors (Lipinski definition) is 1. The molecule has 1 fully saturated rings. The molecule has 1 saturated heterocycles. The predicted octanol–water partition coefficient (Wildman–Crippen LogP) is 6.38. The normalized spacial score (nSPS) is 16.4. The average Bonchev–Trinajstić information content (AvgIpc) is 2.68. The molecule has 2 aromatic carbocycles. The van der Waals surface area contributed by atoms with Gasteiger partial charge in [0.05, 0.1) is 22.3 Å². The molecule has 1 N–H and O–H groups in total. The van der Waals surface area contributed by atoms with Crippen LogP contribution in [-0.2, 0) is 0 Å². The fourth-order valence-corrected chi connectivity index (χ4v) is 4.47. The maximum absolute atomic E-state index is 11.1. The lowest BCUT2D eigenvalue weighted by Gasteiger charge is -2.29. The summed E-state index contributed by atoms with van der Waals surface area (Å²) in [7, 11) is 0. The molecule has 1 aliphatic heterocycles. The van der Waals surface area contributed by atoms with Crippen molar-refractivity contribution in [3.05, 3.63) is 63.1 Å². The first kappa shape index (κ1) is 19.9. The highest BCUT2D eigenvalue weighted by molar-refractivity contribution is 6.38. The van der Waals surface area contributed by atoms with Gasteiger partial charge >= 0.3 is 0 Å². The second kappa shape index (κ2) is 8.56. The summed E-state index contributed by atoms with van der Waals surface area (Å²) in [5.41, 5.74) is 3.11. The topological polar surface area (TPSA) is 36.4 Å². The van der Waals surface area contributed by atoms with Crippen molar-refractivity contribution in [2.24, 2.45) is 0 Å². The number of fused-ring (bicyclic) bond motifs is 1. The Morgan fingerprint density at radius 2 is 1.64 bits per heavy atom. The van der Waals surface area contributed by atoms with Crippen LogP contribution in [0.15, 0.2) is 42.5 Å². The first-order chi connectivity index (χ1) is 13.5. The summed E-state index contributed by atoms with van der Waals surface area (Å²) >= 11 is 18.7. The number of hydrogen-bond acceptors (Lipinski definition) is 3. The minimum atomic E-state index is -0.649. The molecule has 2 heterocycles. The van der Waals surface area contributed by atoms with Crippen LogP contribution in [0.4, 0.5) is 0 Å². The molecular weight excluding hydrogens is 415 g/mol. The Kier molecular flexibility index (Phi) is 6.10. The lowest BCUT2D eigenvalue weighted by atomic mass is 9.99. The Morgan fingerprint density at radius 3 is 2.36 bits per heavy atom. The molecule has 3 nitrogen and oxygen atoms in total. The second-order valence-electron chi connectivity index (χ2n) is 7.26. The highest BCUT2D eigenvalue weighted by atomic mass is 35.5. The molecule has 146 valence electrons. The van der Waals surface area contributed by atoms with Crippen molar-refractivity contribution in [1.29, 1.82) is 0 Å². The first-order valence-corrected chi connectivity index (χ1v) is 10.6. The number of benzene rings is 2. The molecule has 4 rings (SSSR count). The second-order valence-corrected chi connectivity index (χ2v) is 8.54. The fraction of sp³-hybridized carbons (Fsp3) is 0.318. The zero-order valence-corrected chi connectivity index (χ0v) is 17.6. The van der Waals surface area contributed by atoms with E-state index >= 15 is 0 Å². The van der Waals surface area contributed by atoms with E-state index in [2.05, 4.69) is 4.90 Å². The highest BCUT2D eigenvalue weighted by Gasteiger charge is 2.20. The minimum absolute atomic E-state index is 0.477. The maximum Gasteiger partial charge on any atom is 0.0924 e. The number of likely N-dealkylation sites (tertiary alicyclic amines) is 1. The van der Waals surface area contributed by atoms with E-state index in [9.17, 15) is 5.11 Å². The van der Waals surface area contributed by atoms with Crippen molar-refractivity contribution in [2.45, 2.75) is 25.4 Å². The number of aromatic nitrogens is 1. The van der Waals surface area contributed by atoms with Crippen LogP contribution in [0.3, 0.4) is 0 Å². The third kappa shape index (κ3) is 4.29. The number of halogens is 3. The van der Waals surface area contributed by atoms with Crippen LogP contribution in [-0.4, -0.2) is 34.6 Å². The van der Waals surface area contributed by atoms with Gasteiger partial charge < -0.3 is 10.0 Å². The number of rotatable bonds is 4. The van der Waals surface area contributed by atoms with Crippen LogP contribution in [0.2, 0.25) is 15.1 Å². The van der Waals surface area contributed by atoms with Crippen LogP contribution in [0.25, 0.3) is 22.2 Å². The Bertz CT molecular complexity index is 985. The summed E-state index contributed by atoms with van der Waals surface area (Å²) in [5, 5.41) is 13.6. The number of β-amino-alcohol motifs (C(OH)–C–C–N with tert-alkyl or cyclic N) is 1. The lowest BCUT2D eigenvalue weighted by molar-refractivity contribution is 0.102. The number of nitrogens with zero attached hydrogens (tertiary/aromatic N) is 2. The Morgan fingerprint density at radius 1 is 0.929 bits per heavy atom. The van der Waals surface area contributed by atoms with Gasteiger partial charge in [0.15, 0.2) is 0 Å². The summed E-state index contributed by atoms with van der Waals surface area (Å²) in [6, 6.07) is 12.9. The predicted molar refractivity (Wildman–Crippen MR) is 117 cm³/mol. The van der Waals surface area contributed by atoms with Crippen LogP contribution in [0.1, 0.15) is 30.9 Å². The molecule has 1 aliphatic rings. The third-order valence-electron chi connectivity index (χ3n) is 5.24. The summed E-state index contributed by atoms with van der Waals surface area (Å²) in [6.45, 7) is 2.63. The van der Waals surface area contributed by atoms with E-state index in [0.29, 0.717) is 27.1 Å². The molecule has 0 aliphatic carbocycles. The van der Waals surface area contributed by atoms with E-state index in [1.54, 1.807) is 6.07 Å². The quantitative estimate of drug-likeness (QED) is 0.516. The molecule has 0 spiro atoms. The first-order valence-electron chi connectivity index (χ1n) is 9.47. The standard InChI is InChI=1S/C22H21Cl3N2O/c23-15-6-4-14(5-7-15)20-12-17(21(28)13-27-8-2-1-3-9-27)18-10-16(24)11-19(25)22(18)26-20/h4-7,10-12,21,28H,1-3,8-9,13H2. The summed E-state index contributed by atoms with van der Waals surface area (Å²) in [5.74, 6) is 0. The van der Waals surface area contributed by atoms with Crippen molar-refractivity contribution in [3.63, 3.8) is 0 Å². The van der Waals surface area contributed by atoms with Crippen molar-refractivity contribution in [3.8, 4) is 11.3 Å². The van der Waals surface area contributed by atoms with Crippen LogP contribution in [0.5, 0.6) is 0 Å². The van der Waals surface area contributed by atoms with Gasteiger partial charge in [-0.25, -0.2) is 4.98 Å². The van der Waals surface area contributed by atoms with Crippen molar-refractivity contribution < 1.29 is 5.11 Å². The molecule has 6 heteroatoms. The molecular formula is C22H21Cl3N2O. The monoisotopic (exact) mass is 434 g/mol. The number of aliphatic hydroxyl groups is 1. The van der Waals surface area contributed by atoms with Gasteiger partial charge in [-0.1, -0.05) is 53.4 Å².